The molecule has 106 valence electrons. The number of morpholine rings is 1. The van der Waals surface area contributed by atoms with Gasteiger partial charge in [-0.3, -0.25) is 4.79 Å². The van der Waals surface area contributed by atoms with Crippen LogP contribution in [0.5, 0.6) is 0 Å². The highest BCUT2D eigenvalue weighted by Crippen LogP contribution is 2.20. The van der Waals surface area contributed by atoms with E-state index >= 15 is 0 Å². The van der Waals surface area contributed by atoms with Crippen LogP contribution in [0.25, 0.3) is 0 Å². The minimum Gasteiger partial charge on any atom is -0.378 e. The van der Waals surface area contributed by atoms with Crippen molar-refractivity contribution in [1.29, 1.82) is 0 Å². The number of amides is 1. The first-order chi connectivity index (χ1) is 8.65. The van der Waals surface area contributed by atoms with Crippen LogP contribution in [0.1, 0.15) is 12.0 Å². The van der Waals surface area contributed by atoms with Crippen molar-refractivity contribution in [1.82, 2.24) is 5.32 Å². The zero-order valence-corrected chi connectivity index (χ0v) is 13.1. The zero-order valence-electron chi connectivity index (χ0n) is 10.7. The number of nitrogens with one attached hydrogen (secondary N) is 2. The predicted molar refractivity (Wildman–Crippen MR) is 82.0 cm³/mol. The van der Waals surface area contributed by atoms with Gasteiger partial charge in [0.05, 0.1) is 13.2 Å². The molecule has 0 aliphatic carbocycles. The minimum atomic E-state index is 0. The highest BCUT2D eigenvalue weighted by atomic mass is 79.9. The van der Waals surface area contributed by atoms with Crippen LogP contribution >= 0.6 is 28.3 Å². The Bertz CT molecular complexity index is 437. The van der Waals surface area contributed by atoms with Gasteiger partial charge in [0.2, 0.25) is 5.91 Å². The van der Waals surface area contributed by atoms with Crippen molar-refractivity contribution in [3.8, 4) is 0 Å². The Balaban J connectivity index is 0.00000180. The number of benzene rings is 1. The molecule has 0 aromatic heterocycles. The number of hydrogen-bond donors (Lipinski definition) is 2. The topological polar surface area (TPSA) is 50.4 Å². The van der Waals surface area contributed by atoms with Gasteiger partial charge in [-0.15, -0.1) is 12.4 Å². The van der Waals surface area contributed by atoms with E-state index in [0.717, 1.165) is 28.9 Å². The van der Waals surface area contributed by atoms with Crippen LogP contribution in [0.15, 0.2) is 22.7 Å². The molecule has 1 aliphatic rings. The molecule has 2 N–H and O–H groups in total. The molecule has 2 rings (SSSR count). The molecule has 0 spiro atoms. The lowest BCUT2D eigenvalue weighted by atomic mass is 10.1. The first-order valence-corrected chi connectivity index (χ1v) is 6.81. The summed E-state index contributed by atoms with van der Waals surface area (Å²) in [5, 5.41) is 6.20. The van der Waals surface area contributed by atoms with E-state index in [1.165, 1.54) is 0 Å². The molecule has 1 heterocycles. The smallest absolute Gasteiger partial charge is 0.226 e. The van der Waals surface area contributed by atoms with Crippen molar-refractivity contribution >= 4 is 39.9 Å². The van der Waals surface area contributed by atoms with Gasteiger partial charge in [0.1, 0.15) is 0 Å². The lowest BCUT2D eigenvalue weighted by molar-refractivity contribution is -0.117. The van der Waals surface area contributed by atoms with Crippen molar-refractivity contribution in [2.24, 2.45) is 0 Å². The van der Waals surface area contributed by atoms with Crippen molar-refractivity contribution in [3.05, 3.63) is 28.2 Å². The number of ether oxygens (including phenoxy) is 1. The van der Waals surface area contributed by atoms with Crippen LogP contribution < -0.4 is 10.6 Å². The number of hydrogen-bond acceptors (Lipinski definition) is 3. The fraction of sp³-hybridized carbons (Fsp3) is 0.462. The van der Waals surface area contributed by atoms with Crippen molar-refractivity contribution in [2.75, 3.05) is 25.1 Å². The summed E-state index contributed by atoms with van der Waals surface area (Å²) in [4.78, 5) is 11.9. The summed E-state index contributed by atoms with van der Waals surface area (Å²) >= 11 is 3.40. The second-order valence-corrected chi connectivity index (χ2v) is 5.35. The lowest BCUT2D eigenvalue weighted by Gasteiger charge is -2.23. The van der Waals surface area contributed by atoms with Crippen LogP contribution in [-0.4, -0.2) is 31.7 Å². The highest BCUT2D eigenvalue weighted by molar-refractivity contribution is 9.10. The first kappa shape index (κ1) is 16.4. The molecule has 1 aromatic rings. The summed E-state index contributed by atoms with van der Waals surface area (Å²) in [6.07, 6.45) is 0.440. The second kappa shape index (κ2) is 7.85. The van der Waals surface area contributed by atoms with E-state index in [0.29, 0.717) is 13.0 Å². The molecule has 0 radical (unpaired) electrons. The van der Waals surface area contributed by atoms with Gasteiger partial charge < -0.3 is 15.4 Å². The van der Waals surface area contributed by atoms with Gasteiger partial charge in [-0.05, 0) is 30.7 Å². The minimum absolute atomic E-state index is 0. The fourth-order valence-corrected chi connectivity index (χ4v) is 2.42. The number of rotatable bonds is 3. The lowest BCUT2D eigenvalue weighted by Crippen LogP contribution is -2.43. The van der Waals surface area contributed by atoms with E-state index in [4.69, 9.17) is 4.74 Å². The molecule has 6 heteroatoms. The summed E-state index contributed by atoms with van der Waals surface area (Å²) < 4.78 is 6.34. The molecular weight excluding hydrogens is 332 g/mol. The van der Waals surface area contributed by atoms with Gasteiger partial charge >= 0.3 is 0 Å². The van der Waals surface area contributed by atoms with E-state index < -0.39 is 0 Å². The molecule has 1 saturated heterocycles. The summed E-state index contributed by atoms with van der Waals surface area (Å²) in [6.45, 7) is 4.12. The van der Waals surface area contributed by atoms with Crippen LogP contribution in [-0.2, 0) is 9.53 Å². The van der Waals surface area contributed by atoms with Gasteiger partial charge in [-0.1, -0.05) is 15.9 Å². The normalized spacial score (nSPS) is 18.5. The third-order valence-electron chi connectivity index (χ3n) is 2.89. The van der Waals surface area contributed by atoms with Gasteiger partial charge in [0.25, 0.3) is 0 Å². The number of anilines is 1. The Hall–Kier alpha value is -0.620. The maximum absolute atomic E-state index is 11.9. The van der Waals surface area contributed by atoms with Gasteiger partial charge in [0.15, 0.2) is 0 Å². The predicted octanol–water partition coefficient (Wildman–Crippen LogP) is 2.50. The highest BCUT2D eigenvalue weighted by Gasteiger charge is 2.17. The average molecular weight is 350 g/mol. The standard InChI is InChI=1S/C13H17BrN2O2.ClH/c1-9-6-10(14)2-3-12(9)16-13(17)7-11-8-18-5-4-15-11;/h2-3,6,11,15H,4-5,7-8H2,1H3,(H,16,17);1H. The summed E-state index contributed by atoms with van der Waals surface area (Å²) in [5.74, 6) is 0.0171. The molecule has 1 aliphatic heterocycles. The van der Waals surface area contributed by atoms with Crippen LogP contribution in [0.3, 0.4) is 0 Å². The van der Waals surface area contributed by atoms with E-state index in [1.54, 1.807) is 0 Å². The molecule has 4 nitrogen and oxygen atoms in total. The van der Waals surface area contributed by atoms with E-state index in [1.807, 2.05) is 25.1 Å². The number of halogens is 2. The third-order valence-corrected chi connectivity index (χ3v) is 3.39. The zero-order chi connectivity index (χ0) is 13.0. The monoisotopic (exact) mass is 348 g/mol. The Labute approximate surface area is 127 Å². The third kappa shape index (κ3) is 5.10. The largest absolute Gasteiger partial charge is 0.378 e. The van der Waals surface area contributed by atoms with E-state index in [-0.39, 0.29) is 24.4 Å². The Kier molecular flexibility index (Phi) is 6.79. The first-order valence-electron chi connectivity index (χ1n) is 6.02. The van der Waals surface area contributed by atoms with Crippen molar-refractivity contribution in [2.45, 2.75) is 19.4 Å². The van der Waals surface area contributed by atoms with Crippen LogP contribution in [0, 0.1) is 6.92 Å². The molecule has 19 heavy (non-hydrogen) atoms. The summed E-state index contributed by atoms with van der Waals surface area (Å²) in [7, 11) is 0. The quantitative estimate of drug-likeness (QED) is 0.881. The molecule has 0 saturated carbocycles. The average Bonchev–Trinajstić information content (AvgIpc) is 2.34. The maximum atomic E-state index is 11.9. The second-order valence-electron chi connectivity index (χ2n) is 4.44. The van der Waals surface area contributed by atoms with Gasteiger partial charge in [-0.25, -0.2) is 0 Å². The van der Waals surface area contributed by atoms with Gasteiger partial charge in [0, 0.05) is 29.2 Å². The molecule has 0 bridgehead atoms. The maximum Gasteiger partial charge on any atom is 0.226 e. The number of aryl methyl sites for hydroxylation is 1. The summed E-state index contributed by atoms with van der Waals surface area (Å²) in [6, 6.07) is 5.93. The number of carbonyl (C=O) groups excluding carboxylic acids is 1. The Morgan fingerprint density at radius 1 is 1.58 bits per heavy atom. The van der Waals surface area contributed by atoms with Crippen molar-refractivity contribution < 1.29 is 9.53 Å². The van der Waals surface area contributed by atoms with Crippen LogP contribution in [0.4, 0.5) is 5.69 Å². The molecule has 1 fully saturated rings. The van der Waals surface area contributed by atoms with Crippen LogP contribution in [0.2, 0.25) is 0 Å². The van der Waals surface area contributed by atoms with E-state index in [2.05, 4.69) is 26.6 Å². The SMILES string of the molecule is Cc1cc(Br)ccc1NC(=O)CC1COCCN1.Cl. The molecular formula is C13H18BrClN2O2. The summed E-state index contributed by atoms with van der Waals surface area (Å²) in [5.41, 5.74) is 1.91. The Morgan fingerprint density at radius 2 is 2.37 bits per heavy atom. The van der Waals surface area contributed by atoms with Crippen molar-refractivity contribution in [3.63, 3.8) is 0 Å². The molecule has 1 aromatic carbocycles. The number of carbonyl (C=O) groups is 1. The fourth-order valence-electron chi connectivity index (χ4n) is 1.94. The molecule has 1 amide bonds. The molecule has 1 atom stereocenters. The molecule has 1 unspecified atom stereocenters. The van der Waals surface area contributed by atoms with Gasteiger partial charge in [-0.2, -0.15) is 0 Å². The Morgan fingerprint density at radius 3 is 3.00 bits per heavy atom. The van der Waals surface area contributed by atoms with E-state index in [9.17, 15) is 4.79 Å².